The van der Waals surface area contributed by atoms with Gasteiger partial charge in [0.2, 0.25) is 11.8 Å². The van der Waals surface area contributed by atoms with E-state index in [0.29, 0.717) is 48.6 Å². The van der Waals surface area contributed by atoms with Crippen molar-refractivity contribution in [3.63, 3.8) is 0 Å². The highest BCUT2D eigenvalue weighted by molar-refractivity contribution is 6.46. The first-order chi connectivity index (χ1) is 32.4. The second-order valence-electron chi connectivity index (χ2n) is 20.2. The molecule has 8 rings (SSSR count). The fraction of sp³-hybridized carbons (Fsp3) is 0.519. The number of hydrogen-bond acceptors (Lipinski definition) is 11. The Balaban J connectivity index is 1.16. The van der Waals surface area contributed by atoms with Gasteiger partial charge in [-0.1, -0.05) is 39.8 Å². The Bertz CT molecular complexity index is 2650. The van der Waals surface area contributed by atoms with Crippen molar-refractivity contribution in [2.45, 2.75) is 117 Å². The Morgan fingerprint density at radius 2 is 1.81 bits per heavy atom. The van der Waals surface area contributed by atoms with Crippen LogP contribution in [0.25, 0.3) is 33.3 Å². The third-order valence-corrected chi connectivity index (χ3v) is 13.9. The summed E-state index contributed by atoms with van der Waals surface area (Å²) >= 11 is 0. The van der Waals surface area contributed by atoms with Crippen molar-refractivity contribution in [2.75, 3.05) is 40.9 Å². The maximum Gasteiger partial charge on any atom is 0.324 e. The number of hydrogen-bond donors (Lipinski definition) is 3. The van der Waals surface area contributed by atoms with Crippen molar-refractivity contribution in [3.8, 4) is 28.1 Å². The van der Waals surface area contributed by atoms with Gasteiger partial charge in [-0.05, 0) is 116 Å². The van der Waals surface area contributed by atoms with Crippen molar-refractivity contribution in [1.29, 1.82) is 0 Å². The summed E-state index contributed by atoms with van der Waals surface area (Å²) in [4.78, 5) is 81.9. The number of aliphatic imine (C=N–C) groups is 1. The lowest BCUT2D eigenvalue weighted by Crippen LogP contribution is -2.62. The van der Waals surface area contributed by atoms with Gasteiger partial charge in [-0.2, -0.15) is 0 Å². The number of cyclic esters (lactones) is 1. The minimum atomic E-state index is -1.18. The van der Waals surface area contributed by atoms with E-state index in [9.17, 15) is 29.1 Å². The predicted octanol–water partition coefficient (Wildman–Crippen LogP) is 5.63. The molecular formula is C52H66N8O8. The number of esters is 1. The summed E-state index contributed by atoms with van der Waals surface area (Å²) in [5, 5.41) is 16.7. The molecule has 0 radical (unpaired) electrons. The number of carbonyl (C=O) groups excluding carboxylic acids is 5. The number of nitrogens with one attached hydrogen (secondary N) is 2. The fourth-order valence-electron chi connectivity index (χ4n) is 10.0. The maximum atomic E-state index is 14.7. The Morgan fingerprint density at radius 1 is 1.04 bits per heavy atom. The normalized spacial score (nSPS) is 21.4. The number of nitrogens with zero attached hydrogens (tertiary/aromatic N) is 6. The Labute approximate surface area is 398 Å². The lowest BCUT2D eigenvalue weighted by Gasteiger charge is -2.37. The molecule has 362 valence electrons. The molecule has 5 heterocycles. The van der Waals surface area contributed by atoms with E-state index in [0.717, 1.165) is 51.8 Å². The summed E-state index contributed by atoms with van der Waals surface area (Å²) in [5.74, 6) is -2.26. The summed E-state index contributed by atoms with van der Waals surface area (Å²) in [6.07, 6.45) is 5.03. The molecule has 4 aliphatic rings. The molecule has 16 heteroatoms. The monoisotopic (exact) mass is 931 g/mol. The number of carbonyl (C=O) groups is 5. The molecule has 16 nitrogen and oxygen atoms in total. The Morgan fingerprint density at radius 3 is 2.51 bits per heavy atom. The van der Waals surface area contributed by atoms with Gasteiger partial charge in [-0.3, -0.25) is 39.0 Å². The smallest absolute Gasteiger partial charge is 0.324 e. The number of aryl methyl sites for hydroxylation is 1. The molecule has 2 fully saturated rings. The minimum absolute atomic E-state index is 0.0187. The van der Waals surface area contributed by atoms with Crippen LogP contribution in [0.4, 0.5) is 0 Å². The largest absolute Gasteiger partial charge is 0.508 e. The highest BCUT2D eigenvalue weighted by Crippen LogP contribution is 2.43. The number of aromatic nitrogens is 2. The van der Waals surface area contributed by atoms with Crippen LogP contribution in [0.2, 0.25) is 0 Å². The third kappa shape index (κ3) is 10.0. The molecule has 68 heavy (non-hydrogen) atoms. The number of fused-ring (bicyclic) bond motifs is 6. The van der Waals surface area contributed by atoms with Gasteiger partial charge in [0.25, 0.3) is 11.8 Å². The summed E-state index contributed by atoms with van der Waals surface area (Å²) < 4.78 is 14.2. The van der Waals surface area contributed by atoms with Crippen molar-refractivity contribution < 1.29 is 38.6 Å². The number of likely N-dealkylation sites (N-methyl/N-ethyl adjacent to an activating group) is 2. The molecule has 6 bridgehead atoms. The third-order valence-electron chi connectivity index (χ3n) is 13.9. The molecule has 1 saturated carbocycles. The van der Waals surface area contributed by atoms with Crippen molar-refractivity contribution >= 4 is 46.2 Å². The zero-order chi connectivity index (χ0) is 48.8. The number of ether oxygens (including phenoxy) is 2. The van der Waals surface area contributed by atoms with Crippen LogP contribution in [0, 0.1) is 17.3 Å². The number of benzene rings is 2. The van der Waals surface area contributed by atoms with E-state index in [1.54, 1.807) is 32.5 Å². The van der Waals surface area contributed by atoms with E-state index in [2.05, 4.69) is 59.3 Å². The summed E-state index contributed by atoms with van der Waals surface area (Å²) in [6, 6.07) is 12.4. The van der Waals surface area contributed by atoms with Crippen LogP contribution < -0.4 is 10.7 Å². The second-order valence-corrected chi connectivity index (χ2v) is 20.2. The van der Waals surface area contributed by atoms with Crippen LogP contribution in [-0.4, -0.2) is 130 Å². The summed E-state index contributed by atoms with van der Waals surface area (Å²) in [7, 11) is 4.75. The van der Waals surface area contributed by atoms with E-state index in [-0.39, 0.29) is 55.8 Å². The predicted molar refractivity (Wildman–Crippen MR) is 258 cm³/mol. The van der Waals surface area contributed by atoms with Crippen LogP contribution in [0.15, 0.2) is 59.7 Å². The lowest BCUT2D eigenvalue weighted by atomic mass is 9.84. The molecule has 2 aromatic carbocycles. The Hall–Kier alpha value is -6.13. The first kappa shape index (κ1) is 48.3. The first-order valence-corrected chi connectivity index (χ1v) is 24.0. The molecule has 4 amide bonds. The molecule has 1 saturated heterocycles. The molecule has 5 atom stereocenters. The van der Waals surface area contributed by atoms with Gasteiger partial charge < -0.3 is 34.3 Å². The van der Waals surface area contributed by atoms with Crippen LogP contribution in [0.1, 0.15) is 90.2 Å². The molecule has 2 aromatic heterocycles. The highest BCUT2D eigenvalue weighted by Gasteiger charge is 2.46. The number of phenolic OH excluding ortho intramolecular Hbond substituents is 1. The van der Waals surface area contributed by atoms with Crippen LogP contribution in [0.5, 0.6) is 5.75 Å². The van der Waals surface area contributed by atoms with E-state index >= 15 is 0 Å². The fourth-order valence-corrected chi connectivity index (χ4v) is 10.0. The Kier molecular flexibility index (Phi) is 13.8. The summed E-state index contributed by atoms with van der Waals surface area (Å²) in [6.45, 7) is 12.6. The van der Waals surface area contributed by atoms with Crippen molar-refractivity contribution in [1.82, 2.24) is 35.1 Å². The molecule has 0 unspecified atom stereocenters. The van der Waals surface area contributed by atoms with Gasteiger partial charge in [0.05, 0.1) is 30.6 Å². The first-order valence-electron chi connectivity index (χ1n) is 24.0. The van der Waals surface area contributed by atoms with Gasteiger partial charge >= 0.3 is 5.97 Å². The van der Waals surface area contributed by atoms with Crippen LogP contribution in [-0.2, 0) is 52.8 Å². The SMILES string of the molecule is CCn1c(-c2cccnc2[C@H](C)OC)c2c3cc(ccc31)-c1cc(O)cc(c1)C[C@H](NC(=O)[C@H](C(C)C)N(C)C(=O)CN(C)C(=O)C1=N[C@H]1C1CC1)C(=O)N1CCC[C@H](N1)C(=O)OCC(C)(C)C2. The quantitative estimate of drug-likeness (QED) is 0.151. The number of rotatable bonds is 12. The van der Waals surface area contributed by atoms with Crippen LogP contribution in [0.3, 0.4) is 0 Å². The topological polar surface area (TPSA) is 188 Å². The number of phenols is 1. The highest BCUT2D eigenvalue weighted by atomic mass is 16.5. The summed E-state index contributed by atoms with van der Waals surface area (Å²) in [5.41, 5.74) is 9.98. The van der Waals surface area contributed by atoms with Gasteiger partial charge in [0.15, 0.2) is 0 Å². The van der Waals surface area contributed by atoms with Crippen molar-refractivity contribution in [2.24, 2.45) is 22.2 Å². The number of hydrazine groups is 1. The van der Waals surface area contributed by atoms with Gasteiger partial charge in [0, 0.05) is 68.8 Å². The zero-order valence-electron chi connectivity index (χ0n) is 40.8. The molecule has 3 aliphatic heterocycles. The van der Waals surface area contributed by atoms with E-state index in [4.69, 9.17) is 14.5 Å². The lowest BCUT2D eigenvalue weighted by molar-refractivity contribution is -0.155. The average Bonchev–Trinajstić information content (AvgIpc) is 4.26. The standard InChI is InChI=1S/C52H66N8O8/c1-10-59-41-18-17-33-25-37(41)38(47(59)36-13-11-19-53-43(36)30(4)67-9)26-52(5,6)28-68-51(66)39-14-12-20-60(56-39)49(64)40(23-31-21-34(33)24-35(61)22-31)54-48(63)46(29(2)3)58(8)42(62)27-57(7)50(65)45-44(55-45)32-15-16-32/h11,13,17-19,21-22,24-25,29-30,32,39-40,44,46,56,61H,10,12,14-16,20,23,26-28H2,1-9H3,(H,54,63)/t30-,39-,40-,44-,46-/m0/s1. The second kappa shape index (κ2) is 19.5. The number of pyridine rings is 1. The molecular weight excluding hydrogens is 865 g/mol. The molecule has 3 N–H and O–H groups in total. The van der Waals surface area contributed by atoms with E-state index in [1.807, 2.05) is 39.0 Å². The zero-order valence-corrected chi connectivity index (χ0v) is 40.8. The van der Waals surface area contributed by atoms with Gasteiger partial charge in [-0.15, -0.1) is 0 Å². The number of methoxy groups -OCH3 is 1. The molecule has 1 aliphatic carbocycles. The van der Waals surface area contributed by atoms with E-state index in [1.165, 1.54) is 21.9 Å². The molecule has 4 aromatic rings. The number of amides is 4. The molecule has 0 spiro atoms. The van der Waals surface area contributed by atoms with Crippen molar-refractivity contribution in [3.05, 3.63) is 71.5 Å². The maximum absolute atomic E-state index is 14.7. The van der Waals surface area contributed by atoms with Gasteiger partial charge in [0.1, 0.15) is 35.6 Å². The number of aromatic hydroxyl groups is 1. The minimum Gasteiger partial charge on any atom is -0.508 e. The van der Waals surface area contributed by atoms with Crippen LogP contribution >= 0.6 is 0 Å². The van der Waals surface area contributed by atoms with Gasteiger partial charge in [-0.25, -0.2) is 5.43 Å². The van der Waals surface area contributed by atoms with E-state index < -0.39 is 47.2 Å². The average molecular weight is 931 g/mol.